The van der Waals surface area contributed by atoms with Crippen LogP contribution in [0.2, 0.25) is 0 Å². The summed E-state index contributed by atoms with van der Waals surface area (Å²) < 4.78 is 36.5. The molecule has 1 aliphatic rings. The second-order valence-electron chi connectivity index (χ2n) is 7.71. The smallest absolute Gasteiger partial charge is 0.342 e. The Morgan fingerprint density at radius 2 is 1.82 bits per heavy atom. The highest BCUT2D eigenvalue weighted by Gasteiger charge is 2.35. The molecule has 0 amide bonds. The lowest BCUT2D eigenvalue weighted by molar-refractivity contribution is -0.127. The van der Waals surface area contributed by atoms with Crippen LogP contribution in [0.3, 0.4) is 0 Å². The van der Waals surface area contributed by atoms with Gasteiger partial charge in [0.15, 0.2) is 5.17 Å². The average Bonchev–Trinajstić information content (AvgIpc) is 2.93. The number of rotatable bonds is 5. The summed E-state index contributed by atoms with van der Waals surface area (Å²) in [7, 11) is 0. The van der Waals surface area contributed by atoms with Crippen LogP contribution in [0.1, 0.15) is 17.3 Å². The van der Waals surface area contributed by atoms with Crippen LogP contribution in [-0.4, -0.2) is 68.8 Å². The summed E-state index contributed by atoms with van der Waals surface area (Å²) in [5.74, 6) is 8.26. The van der Waals surface area contributed by atoms with E-state index in [-0.39, 0.29) is 53.2 Å². The van der Waals surface area contributed by atoms with E-state index in [1.807, 2.05) is 19.4 Å². The maximum absolute atomic E-state index is 13.3. The predicted octanol–water partition coefficient (Wildman–Crippen LogP) is 2.87. The van der Waals surface area contributed by atoms with Crippen molar-refractivity contribution in [3.8, 4) is 11.4 Å². The minimum Gasteiger partial charge on any atom is -0.461 e. The molecule has 0 unspecified atom stereocenters. The second kappa shape index (κ2) is 17.8. The molecule has 1 saturated heterocycles. The Morgan fingerprint density at radius 3 is 2.28 bits per heavy atom. The maximum atomic E-state index is 13.3. The van der Waals surface area contributed by atoms with Gasteiger partial charge in [0, 0.05) is 17.8 Å². The third kappa shape index (κ3) is 11.1. The number of ether oxygens (including phenoxy) is 2. The summed E-state index contributed by atoms with van der Waals surface area (Å²) >= 11 is 2.69. The highest BCUT2D eigenvalue weighted by atomic mass is 127. The number of halogens is 3. The van der Waals surface area contributed by atoms with E-state index in [0.29, 0.717) is 29.1 Å². The van der Waals surface area contributed by atoms with Crippen LogP contribution in [0.25, 0.3) is 11.4 Å². The minimum absolute atomic E-state index is 0. The molecule has 0 atom stereocenters. The topological polar surface area (TPSA) is 176 Å². The lowest BCUT2D eigenvalue weighted by Gasteiger charge is -2.37. The quantitative estimate of drug-likeness (QED) is 0.0677. The summed E-state index contributed by atoms with van der Waals surface area (Å²) in [6, 6.07) is 7.39. The van der Waals surface area contributed by atoms with Gasteiger partial charge in [0.05, 0.1) is 18.8 Å². The van der Waals surface area contributed by atoms with Gasteiger partial charge in [0.25, 0.3) is 0 Å². The molecule has 39 heavy (non-hydrogen) atoms. The van der Waals surface area contributed by atoms with Crippen molar-refractivity contribution in [2.75, 3.05) is 32.3 Å². The van der Waals surface area contributed by atoms with E-state index >= 15 is 0 Å². The van der Waals surface area contributed by atoms with Crippen molar-refractivity contribution >= 4 is 58.6 Å². The Kier molecular flexibility index (Phi) is 15.6. The lowest BCUT2D eigenvalue weighted by atomic mass is 9.90. The lowest BCUT2D eigenvalue weighted by Crippen LogP contribution is -2.44. The number of esters is 1. The highest BCUT2D eigenvalue weighted by Crippen LogP contribution is 2.27. The number of benzene rings is 1. The van der Waals surface area contributed by atoms with Crippen LogP contribution in [0, 0.1) is 17.0 Å². The minimum atomic E-state index is -0.682. The van der Waals surface area contributed by atoms with E-state index in [1.165, 1.54) is 35.8 Å². The van der Waals surface area contributed by atoms with Crippen molar-refractivity contribution in [1.29, 1.82) is 0 Å². The van der Waals surface area contributed by atoms with Crippen LogP contribution >= 0.6 is 47.5 Å². The number of hydrogen-bond acceptors (Lipinski definition) is 13. The molecule has 5 N–H and O–H groups in total. The zero-order valence-electron chi connectivity index (χ0n) is 21.2. The fourth-order valence-electron chi connectivity index (χ4n) is 2.58. The van der Waals surface area contributed by atoms with Crippen molar-refractivity contribution in [1.82, 2.24) is 30.8 Å². The van der Waals surface area contributed by atoms with Crippen LogP contribution in [0.15, 0.2) is 53.0 Å². The maximum Gasteiger partial charge on any atom is 0.342 e. The number of hydrazone groups is 1. The first-order valence-corrected chi connectivity index (χ1v) is 13.2. The van der Waals surface area contributed by atoms with Gasteiger partial charge in [-0.05, 0) is 30.7 Å². The zero-order valence-corrected chi connectivity index (χ0v) is 25.2. The number of carbonyl (C=O) groups is 1. The summed E-state index contributed by atoms with van der Waals surface area (Å²) in [5, 5.41) is 19.4. The van der Waals surface area contributed by atoms with Gasteiger partial charge < -0.3 is 20.7 Å². The summed E-state index contributed by atoms with van der Waals surface area (Å²) in [6.07, 6.45) is 6.09. The van der Waals surface area contributed by atoms with Crippen LogP contribution in [-0.2, 0) is 9.47 Å². The molecule has 1 aliphatic heterocycles. The molecule has 3 aromatic rings. The van der Waals surface area contributed by atoms with Crippen LogP contribution < -0.4 is 17.1 Å². The highest BCUT2D eigenvalue weighted by molar-refractivity contribution is 14.0. The number of nitrogens with two attached hydrogens (primary N) is 2. The first-order chi connectivity index (χ1) is 18.3. The average molecular weight is 696 g/mol. The SMILES string of the molecule is CC1(COC(=O)c2cnccc2F)COC1.CS/C(=N\N)NN.CSc1nnc(-c2ccccc2F)nn1.I. The van der Waals surface area contributed by atoms with Crippen molar-refractivity contribution in [3.05, 3.63) is 59.9 Å². The van der Waals surface area contributed by atoms with Gasteiger partial charge in [-0.15, -0.1) is 44.4 Å². The molecule has 1 fully saturated rings. The van der Waals surface area contributed by atoms with Gasteiger partial charge in [0.1, 0.15) is 23.8 Å². The molecule has 0 bridgehead atoms. The predicted molar refractivity (Wildman–Crippen MR) is 156 cm³/mol. The Balaban J connectivity index is 0.000000311. The molecular formula is C22H28F2IN9O3S2. The normalized spacial score (nSPS) is 13.2. The monoisotopic (exact) mass is 695 g/mol. The van der Waals surface area contributed by atoms with Crippen molar-refractivity contribution in [2.24, 2.45) is 22.2 Å². The Labute approximate surface area is 249 Å². The van der Waals surface area contributed by atoms with Crippen molar-refractivity contribution < 1.29 is 23.0 Å². The molecule has 0 radical (unpaired) electrons. The van der Waals surface area contributed by atoms with Gasteiger partial charge in [-0.3, -0.25) is 4.98 Å². The molecule has 1 aromatic carbocycles. The Bertz CT molecular complexity index is 1200. The molecule has 0 aliphatic carbocycles. The van der Waals surface area contributed by atoms with E-state index in [9.17, 15) is 13.6 Å². The molecule has 4 rings (SSSR count). The molecule has 2 aromatic heterocycles. The zero-order chi connectivity index (χ0) is 28.0. The van der Waals surface area contributed by atoms with E-state index in [0.717, 1.165) is 12.3 Å². The Morgan fingerprint density at radius 1 is 1.15 bits per heavy atom. The number of hydrazine groups is 1. The van der Waals surface area contributed by atoms with Gasteiger partial charge in [-0.25, -0.2) is 19.4 Å². The number of nitrogens with zero attached hydrogens (tertiary/aromatic N) is 6. The number of thioether (sulfide) groups is 2. The largest absolute Gasteiger partial charge is 0.461 e. The van der Waals surface area contributed by atoms with E-state index in [1.54, 1.807) is 18.2 Å². The van der Waals surface area contributed by atoms with Crippen molar-refractivity contribution in [3.63, 3.8) is 0 Å². The number of pyridine rings is 1. The first-order valence-electron chi connectivity index (χ1n) is 10.8. The van der Waals surface area contributed by atoms with Crippen molar-refractivity contribution in [2.45, 2.75) is 12.1 Å². The number of aromatic nitrogens is 5. The van der Waals surface area contributed by atoms with Gasteiger partial charge in [0.2, 0.25) is 11.0 Å². The molecule has 12 nitrogen and oxygen atoms in total. The van der Waals surface area contributed by atoms with Crippen LogP contribution in [0.5, 0.6) is 0 Å². The van der Waals surface area contributed by atoms with E-state index in [2.05, 4.69) is 35.9 Å². The third-order valence-corrected chi connectivity index (χ3v) is 5.77. The molecule has 3 heterocycles. The molecule has 212 valence electrons. The summed E-state index contributed by atoms with van der Waals surface area (Å²) in [5.41, 5.74) is 2.34. The van der Waals surface area contributed by atoms with Gasteiger partial charge >= 0.3 is 5.97 Å². The standard InChI is InChI=1S/C11H12FNO3.C9H7FN4S.C2H8N4S.HI/c1-11(5-15-6-11)7-16-10(14)8-4-13-3-2-9(8)12;1-15-9-13-11-8(12-14-9)6-4-2-3-5-7(6)10;1-7-2(5-3)6-4;/h2-4H,5-7H2,1H3;2-5H,1H3;3-4H2,1H3,(H,5,6);1H. The second-order valence-corrected chi connectivity index (χ2v) is 9.28. The van der Waals surface area contributed by atoms with Gasteiger partial charge in [-0.1, -0.05) is 42.6 Å². The number of amidine groups is 1. The third-order valence-electron chi connectivity index (χ3n) is 4.63. The fraction of sp³-hybridized carbons (Fsp3) is 0.318. The van der Waals surface area contributed by atoms with E-state index < -0.39 is 11.8 Å². The molecule has 0 saturated carbocycles. The number of hydrogen-bond donors (Lipinski definition) is 3. The Hall–Kier alpha value is -2.74. The molecular weight excluding hydrogens is 667 g/mol. The van der Waals surface area contributed by atoms with Crippen LogP contribution in [0.4, 0.5) is 8.78 Å². The molecule has 0 spiro atoms. The summed E-state index contributed by atoms with van der Waals surface area (Å²) in [6.45, 7) is 3.31. The van der Waals surface area contributed by atoms with Gasteiger partial charge in [-0.2, -0.15) is 5.10 Å². The molecule has 17 heteroatoms. The van der Waals surface area contributed by atoms with E-state index in [4.69, 9.17) is 21.2 Å². The fourth-order valence-corrected chi connectivity index (χ4v) is 3.05. The number of carbonyl (C=O) groups excluding carboxylic acids is 1. The number of nitrogens with one attached hydrogen (secondary N) is 1. The summed E-state index contributed by atoms with van der Waals surface area (Å²) in [4.78, 5) is 15.2. The first kappa shape index (κ1) is 34.3.